The summed E-state index contributed by atoms with van der Waals surface area (Å²) in [5.74, 6) is 0. The van der Waals surface area contributed by atoms with Crippen molar-refractivity contribution in [1.29, 1.82) is 0 Å². The number of halogens is 1. The van der Waals surface area contributed by atoms with Gasteiger partial charge in [-0.05, 0) is 17.7 Å². The molecule has 2 aromatic rings. The molecule has 2 rings (SSSR count). The van der Waals surface area contributed by atoms with E-state index in [4.69, 9.17) is 16.3 Å². The van der Waals surface area contributed by atoms with Gasteiger partial charge in [0.2, 0.25) is 0 Å². The van der Waals surface area contributed by atoms with Crippen LogP contribution < -0.4 is 4.74 Å². The second-order valence-electron chi connectivity index (χ2n) is 2.89. The van der Waals surface area contributed by atoms with Gasteiger partial charge in [-0.3, -0.25) is 0 Å². The summed E-state index contributed by atoms with van der Waals surface area (Å²) in [4.78, 5) is 7.90. The lowest BCUT2D eigenvalue weighted by atomic mass is 10.1. The van der Waals surface area contributed by atoms with Gasteiger partial charge in [0.25, 0.3) is 0 Å². The van der Waals surface area contributed by atoms with Crippen LogP contribution in [-0.2, 0) is 0 Å². The van der Waals surface area contributed by atoms with Crippen molar-refractivity contribution in [1.82, 2.24) is 9.97 Å². The van der Waals surface area contributed by atoms with Gasteiger partial charge in [0, 0.05) is 16.8 Å². The molecule has 0 unspecified atom stereocenters. The van der Waals surface area contributed by atoms with Crippen molar-refractivity contribution in [3.63, 3.8) is 0 Å². The summed E-state index contributed by atoms with van der Waals surface area (Å²) < 4.78 is 4.85. The Balaban J connectivity index is 2.37. The molecular weight excluding hydrogens is 212 g/mol. The summed E-state index contributed by atoms with van der Waals surface area (Å²) in [6.45, 7) is 0. The minimum atomic E-state index is 0.306. The van der Waals surface area contributed by atoms with E-state index >= 15 is 0 Å². The van der Waals surface area contributed by atoms with Crippen LogP contribution in [-0.4, -0.2) is 17.1 Å². The molecule has 0 fully saturated rings. The first-order chi connectivity index (χ1) is 7.29. The van der Waals surface area contributed by atoms with Crippen molar-refractivity contribution in [2.75, 3.05) is 7.11 Å². The topological polar surface area (TPSA) is 35.0 Å². The molecule has 4 heteroatoms. The first-order valence-corrected chi connectivity index (χ1v) is 4.72. The fourth-order valence-electron chi connectivity index (χ4n) is 1.18. The smallest absolute Gasteiger partial charge is 0.316 e. The third-order valence-corrected chi connectivity index (χ3v) is 2.13. The predicted molar refractivity (Wildman–Crippen MR) is 57.9 cm³/mol. The lowest BCUT2D eigenvalue weighted by Crippen LogP contribution is -1.91. The molecule has 1 aromatic heterocycles. The van der Waals surface area contributed by atoms with E-state index in [9.17, 15) is 0 Å². The van der Waals surface area contributed by atoms with Gasteiger partial charge < -0.3 is 4.74 Å². The maximum absolute atomic E-state index is 5.87. The zero-order valence-corrected chi connectivity index (χ0v) is 8.82. The van der Waals surface area contributed by atoms with E-state index in [0.29, 0.717) is 11.0 Å². The predicted octanol–water partition coefficient (Wildman–Crippen LogP) is 2.61. The number of hydrogen-bond donors (Lipinski definition) is 0. The lowest BCUT2D eigenvalue weighted by molar-refractivity contribution is 0.379. The average molecular weight is 220 g/mol. The molecule has 0 atom stereocenters. The van der Waals surface area contributed by atoms with Crippen LogP contribution in [0.15, 0.2) is 30.5 Å². The zero-order valence-electron chi connectivity index (χ0n) is 8.07. The van der Waals surface area contributed by atoms with E-state index in [1.54, 1.807) is 6.20 Å². The Bertz CT molecular complexity index is 456. The van der Waals surface area contributed by atoms with Crippen LogP contribution in [0.4, 0.5) is 0 Å². The van der Waals surface area contributed by atoms with Gasteiger partial charge in [-0.15, -0.1) is 0 Å². The Kier molecular flexibility index (Phi) is 2.83. The zero-order chi connectivity index (χ0) is 10.7. The van der Waals surface area contributed by atoms with Crippen molar-refractivity contribution >= 4 is 11.6 Å². The Labute approximate surface area is 92.7 Å². The third-order valence-electron chi connectivity index (χ3n) is 1.89. The number of nitrogens with zero attached hydrogens (tertiary/aromatic N) is 2. The highest BCUT2D eigenvalue weighted by Gasteiger charge is 2.01. The minimum Gasteiger partial charge on any atom is -0.467 e. The number of hydrogen-bond acceptors (Lipinski definition) is 3. The summed E-state index contributed by atoms with van der Waals surface area (Å²) in [6, 6.07) is 7.75. The standard InChI is InChI=1S/C11H8ClN2O/c1-15-11-13-6-9(7-14-11)8-3-2-4-10(12)5-8/h2-6H,1H3. The van der Waals surface area contributed by atoms with E-state index in [-0.39, 0.29) is 0 Å². The second kappa shape index (κ2) is 4.28. The van der Waals surface area contributed by atoms with E-state index < -0.39 is 0 Å². The SMILES string of the molecule is COc1n[c]c(-c2cccc(Cl)c2)cn1. The fourth-order valence-corrected chi connectivity index (χ4v) is 1.37. The first-order valence-electron chi connectivity index (χ1n) is 4.34. The molecule has 0 aliphatic heterocycles. The van der Waals surface area contributed by atoms with Crippen molar-refractivity contribution in [2.45, 2.75) is 0 Å². The molecule has 1 heterocycles. The highest BCUT2D eigenvalue weighted by atomic mass is 35.5. The summed E-state index contributed by atoms with van der Waals surface area (Å²) in [5.41, 5.74) is 1.73. The van der Waals surface area contributed by atoms with E-state index in [1.807, 2.05) is 24.3 Å². The Morgan fingerprint density at radius 2 is 2.27 bits per heavy atom. The van der Waals surface area contributed by atoms with Gasteiger partial charge in [0.15, 0.2) is 0 Å². The summed E-state index contributed by atoms with van der Waals surface area (Å²) in [6.07, 6.45) is 4.49. The number of benzene rings is 1. The van der Waals surface area contributed by atoms with Crippen LogP contribution in [0.2, 0.25) is 5.02 Å². The van der Waals surface area contributed by atoms with Gasteiger partial charge in [0.1, 0.15) is 6.20 Å². The summed E-state index contributed by atoms with van der Waals surface area (Å²) in [5, 5.41) is 0.678. The Morgan fingerprint density at radius 3 is 2.87 bits per heavy atom. The molecule has 0 aliphatic carbocycles. The maximum atomic E-state index is 5.87. The number of rotatable bonds is 2. The molecule has 75 valence electrons. The van der Waals surface area contributed by atoms with Gasteiger partial charge >= 0.3 is 6.01 Å². The molecule has 1 radical (unpaired) electrons. The second-order valence-corrected chi connectivity index (χ2v) is 3.33. The fraction of sp³-hybridized carbons (Fsp3) is 0.0909. The van der Waals surface area contributed by atoms with Crippen LogP contribution in [0, 0.1) is 6.20 Å². The monoisotopic (exact) mass is 219 g/mol. The van der Waals surface area contributed by atoms with Crippen LogP contribution >= 0.6 is 11.6 Å². The van der Waals surface area contributed by atoms with Gasteiger partial charge in [0.05, 0.1) is 7.11 Å². The molecule has 0 bridgehead atoms. The van der Waals surface area contributed by atoms with E-state index in [2.05, 4.69) is 16.2 Å². The summed E-state index contributed by atoms with van der Waals surface area (Å²) >= 11 is 5.87. The highest BCUT2D eigenvalue weighted by molar-refractivity contribution is 6.30. The van der Waals surface area contributed by atoms with Crippen molar-refractivity contribution in [3.8, 4) is 17.1 Å². The quantitative estimate of drug-likeness (QED) is 0.779. The summed E-state index contributed by atoms with van der Waals surface area (Å²) in [7, 11) is 1.52. The van der Waals surface area contributed by atoms with Crippen LogP contribution in [0.25, 0.3) is 11.1 Å². The van der Waals surface area contributed by atoms with Crippen molar-refractivity contribution in [3.05, 3.63) is 41.7 Å². The molecule has 0 N–H and O–H groups in total. The van der Waals surface area contributed by atoms with Gasteiger partial charge in [-0.25, -0.2) is 4.98 Å². The molecule has 0 aliphatic rings. The molecule has 0 saturated carbocycles. The average Bonchev–Trinajstić information content (AvgIpc) is 2.29. The van der Waals surface area contributed by atoms with Gasteiger partial charge in [-0.1, -0.05) is 23.7 Å². The van der Waals surface area contributed by atoms with E-state index in [0.717, 1.165) is 11.1 Å². The number of methoxy groups -OCH3 is 1. The molecule has 0 saturated heterocycles. The normalized spacial score (nSPS) is 10.0. The Hall–Kier alpha value is -1.61. The molecule has 3 nitrogen and oxygen atoms in total. The molecule has 0 spiro atoms. The first kappa shape index (κ1) is 9.93. The molecule has 0 amide bonds. The van der Waals surface area contributed by atoms with Crippen LogP contribution in [0.1, 0.15) is 0 Å². The highest BCUT2D eigenvalue weighted by Crippen LogP contribution is 2.21. The van der Waals surface area contributed by atoms with Crippen LogP contribution in [0.5, 0.6) is 6.01 Å². The van der Waals surface area contributed by atoms with Gasteiger partial charge in [-0.2, -0.15) is 4.98 Å². The lowest BCUT2D eigenvalue weighted by Gasteiger charge is -2.01. The maximum Gasteiger partial charge on any atom is 0.316 e. The number of aromatic nitrogens is 2. The third kappa shape index (κ3) is 2.25. The van der Waals surface area contributed by atoms with Crippen molar-refractivity contribution < 1.29 is 4.74 Å². The van der Waals surface area contributed by atoms with Crippen LogP contribution in [0.3, 0.4) is 0 Å². The molecule has 1 aromatic carbocycles. The number of ether oxygens (including phenoxy) is 1. The molecule has 15 heavy (non-hydrogen) atoms. The molecular formula is C11H8ClN2O. The minimum absolute atomic E-state index is 0.306. The largest absolute Gasteiger partial charge is 0.467 e. The van der Waals surface area contributed by atoms with Crippen molar-refractivity contribution in [2.24, 2.45) is 0 Å². The van der Waals surface area contributed by atoms with E-state index in [1.165, 1.54) is 7.11 Å². The Morgan fingerprint density at radius 1 is 1.40 bits per heavy atom.